The molecule has 2 aliphatic rings. The Kier molecular flexibility index (Phi) is 4.72. The molecule has 0 radical (unpaired) electrons. The third kappa shape index (κ3) is 3.67. The smallest absolute Gasteiger partial charge is 0.265 e. The molecular weight excluding hydrogens is 408 g/mol. The minimum atomic E-state index is -3.56. The molecule has 10 heteroatoms. The van der Waals surface area contributed by atoms with Crippen LogP contribution in [-0.2, 0) is 14.8 Å². The summed E-state index contributed by atoms with van der Waals surface area (Å²) in [6.45, 7) is 0.227. The van der Waals surface area contributed by atoms with Gasteiger partial charge in [-0.2, -0.15) is 0 Å². The molecule has 4 rings (SSSR count). The van der Waals surface area contributed by atoms with Crippen molar-refractivity contribution in [2.45, 2.75) is 12.5 Å². The van der Waals surface area contributed by atoms with Crippen molar-refractivity contribution in [3.05, 3.63) is 41.4 Å². The number of hydrogen-bond donors (Lipinski definition) is 1. The van der Waals surface area contributed by atoms with E-state index in [1.165, 1.54) is 10.4 Å². The molecule has 2 aromatic rings. The SMILES string of the molecule is CS(=O)(=O)N1CC[C@@H](C(=O)Nc2ccc3c(c2)OCO3)Oc2ccc(Cl)cc21. The molecule has 28 heavy (non-hydrogen) atoms. The molecule has 0 saturated carbocycles. The standard InChI is InChI=1S/C18H17ClN2O6S/c1-28(23,24)21-7-6-16(27-14-4-2-11(19)8-13(14)21)18(22)20-12-3-5-15-17(9-12)26-10-25-15/h2-5,8-9,16H,6-7,10H2,1H3,(H,20,22)/t16-/m0/s1. The van der Waals surface area contributed by atoms with Crippen molar-refractivity contribution in [3.63, 3.8) is 0 Å². The van der Waals surface area contributed by atoms with E-state index in [-0.39, 0.29) is 25.5 Å². The molecule has 0 unspecified atom stereocenters. The molecule has 148 valence electrons. The third-order valence-corrected chi connectivity index (χ3v) is 5.80. The summed E-state index contributed by atoms with van der Waals surface area (Å²) in [6.07, 6.45) is 0.401. The van der Waals surface area contributed by atoms with Gasteiger partial charge in [0.15, 0.2) is 17.6 Å². The maximum absolute atomic E-state index is 12.8. The molecule has 1 atom stereocenters. The highest BCUT2D eigenvalue weighted by molar-refractivity contribution is 7.92. The highest BCUT2D eigenvalue weighted by Gasteiger charge is 2.31. The van der Waals surface area contributed by atoms with Gasteiger partial charge in [-0.25, -0.2) is 8.42 Å². The number of anilines is 2. The van der Waals surface area contributed by atoms with Crippen LogP contribution in [0.15, 0.2) is 36.4 Å². The van der Waals surface area contributed by atoms with Crippen LogP contribution >= 0.6 is 11.6 Å². The molecule has 0 aliphatic carbocycles. The maximum Gasteiger partial charge on any atom is 0.265 e. The van der Waals surface area contributed by atoms with E-state index in [0.29, 0.717) is 27.9 Å². The van der Waals surface area contributed by atoms with Crippen LogP contribution in [0, 0.1) is 0 Å². The first-order chi connectivity index (χ1) is 13.3. The van der Waals surface area contributed by atoms with E-state index in [0.717, 1.165) is 6.26 Å². The van der Waals surface area contributed by atoms with Crippen LogP contribution in [0.1, 0.15) is 6.42 Å². The number of hydrogen-bond acceptors (Lipinski definition) is 6. The van der Waals surface area contributed by atoms with E-state index < -0.39 is 22.0 Å². The predicted molar refractivity (Wildman–Crippen MR) is 104 cm³/mol. The summed E-state index contributed by atoms with van der Waals surface area (Å²) in [4.78, 5) is 12.8. The second-order valence-corrected chi connectivity index (χ2v) is 8.74. The monoisotopic (exact) mass is 424 g/mol. The molecule has 2 aliphatic heterocycles. The van der Waals surface area contributed by atoms with Crippen molar-refractivity contribution >= 4 is 38.9 Å². The van der Waals surface area contributed by atoms with Gasteiger partial charge in [0.05, 0.1) is 11.9 Å². The van der Waals surface area contributed by atoms with Gasteiger partial charge in [0, 0.05) is 29.7 Å². The largest absolute Gasteiger partial charge is 0.478 e. The van der Waals surface area contributed by atoms with Gasteiger partial charge in [-0.05, 0) is 30.3 Å². The summed E-state index contributed by atoms with van der Waals surface area (Å²) < 4.78 is 42.0. The molecule has 1 N–H and O–H groups in total. The number of carbonyl (C=O) groups excluding carboxylic acids is 1. The number of carbonyl (C=O) groups is 1. The van der Waals surface area contributed by atoms with Gasteiger partial charge in [0.2, 0.25) is 16.8 Å². The average molecular weight is 425 g/mol. The Morgan fingerprint density at radius 1 is 1.14 bits per heavy atom. The molecule has 0 bridgehead atoms. The summed E-state index contributed by atoms with van der Waals surface area (Å²) in [5.41, 5.74) is 0.840. The number of amides is 1. The van der Waals surface area contributed by atoms with E-state index in [1.54, 1.807) is 30.3 Å². The summed E-state index contributed by atoms with van der Waals surface area (Å²) in [6, 6.07) is 9.71. The van der Waals surface area contributed by atoms with Gasteiger partial charge in [-0.1, -0.05) is 11.6 Å². The first-order valence-electron chi connectivity index (χ1n) is 8.46. The number of sulfonamides is 1. The highest BCUT2D eigenvalue weighted by Crippen LogP contribution is 2.37. The Hall–Kier alpha value is -2.65. The Bertz CT molecular complexity index is 1040. The van der Waals surface area contributed by atoms with Crippen molar-refractivity contribution in [3.8, 4) is 17.2 Å². The van der Waals surface area contributed by atoms with Crippen LogP contribution < -0.4 is 23.8 Å². The zero-order valence-electron chi connectivity index (χ0n) is 14.8. The summed E-state index contributed by atoms with van der Waals surface area (Å²) in [7, 11) is -3.56. The normalized spacial score (nSPS) is 18.1. The first kappa shape index (κ1) is 18.7. The second-order valence-electron chi connectivity index (χ2n) is 6.40. The first-order valence-corrected chi connectivity index (χ1v) is 10.7. The Balaban J connectivity index is 1.57. The molecule has 0 fully saturated rings. The lowest BCUT2D eigenvalue weighted by Gasteiger charge is -2.21. The molecule has 8 nitrogen and oxygen atoms in total. The lowest BCUT2D eigenvalue weighted by molar-refractivity contribution is -0.122. The fourth-order valence-electron chi connectivity index (χ4n) is 3.08. The van der Waals surface area contributed by atoms with E-state index in [4.69, 9.17) is 25.8 Å². The topological polar surface area (TPSA) is 94.2 Å². The number of rotatable bonds is 3. The van der Waals surface area contributed by atoms with Crippen LogP contribution in [0.4, 0.5) is 11.4 Å². The zero-order valence-corrected chi connectivity index (χ0v) is 16.4. The summed E-state index contributed by atoms with van der Waals surface area (Å²) >= 11 is 6.02. The number of nitrogens with one attached hydrogen (secondary N) is 1. The lowest BCUT2D eigenvalue weighted by Crippen LogP contribution is -2.35. The summed E-state index contributed by atoms with van der Waals surface area (Å²) in [5, 5.41) is 3.15. The van der Waals surface area contributed by atoms with Crippen molar-refractivity contribution in [2.75, 3.05) is 29.2 Å². The van der Waals surface area contributed by atoms with E-state index in [1.807, 2.05) is 0 Å². The van der Waals surface area contributed by atoms with Gasteiger partial charge >= 0.3 is 0 Å². The molecule has 0 saturated heterocycles. The van der Waals surface area contributed by atoms with E-state index in [9.17, 15) is 13.2 Å². The van der Waals surface area contributed by atoms with E-state index in [2.05, 4.69) is 5.32 Å². The zero-order chi connectivity index (χ0) is 19.9. The fraction of sp³-hybridized carbons (Fsp3) is 0.278. The third-order valence-electron chi connectivity index (χ3n) is 4.39. The highest BCUT2D eigenvalue weighted by atomic mass is 35.5. The van der Waals surface area contributed by atoms with Gasteiger partial charge in [-0.15, -0.1) is 0 Å². The van der Waals surface area contributed by atoms with Crippen LogP contribution in [0.5, 0.6) is 17.2 Å². The molecule has 0 spiro atoms. The Labute approximate surface area is 167 Å². The average Bonchev–Trinajstić information content (AvgIpc) is 3.00. The maximum atomic E-state index is 12.8. The van der Waals surface area contributed by atoms with Gasteiger partial charge in [0.1, 0.15) is 5.75 Å². The van der Waals surface area contributed by atoms with Crippen LogP contribution in [0.3, 0.4) is 0 Å². The van der Waals surface area contributed by atoms with Crippen molar-refractivity contribution in [1.29, 1.82) is 0 Å². The molecule has 2 aromatic carbocycles. The number of halogens is 1. The molecule has 1 amide bonds. The number of nitrogens with zero attached hydrogens (tertiary/aromatic N) is 1. The lowest BCUT2D eigenvalue weighted by atomic mass is 10.2. The Morgan fingerprint density at radius 3 is 2.68 bits per heavy atom. The quantitative estimate of drug-likeness (QED) is 0.814. The van der Waals surface area contributed by atoms with E-state index >= 15 is 0 Å². The number of fused-ring (bicyclic) bond motifs is 2. The minimum Gasteiger partial charge on any atom is -0.478 e. The fourth-order valence-corrected chi connectivity index (χ4v) is 4.18. The van der Waals surface area contributed by atoms with Crippen LogP contribution in [-0.4, -0.2) is 40.0 Å². The molecule has 2 heterocycles. The molecule has 0 aromatic heterocycles. The van der Waals surface area contributed by atoms with Crippen LogP contribution in [0.2, 0.25) is 5.02 Å². The minimum absolute atomic E-state index is 0.0887. The van der Waals surface area contributed by atoms with Gasteiger partial charge in [-0.3, -0.25) is 9.10 Å². The number of ether oxygens (including phenoxy) is 3. The predicted octanol–water partition coefficient (Wildman–Crippen LogP) is 2.62. The van der Waals surface area contributed by atoms with Gasteiger partial charge in [0.25, 0.3) is 5.91 Å². The van der Waals surface area contributed by atoms with Gasteiger partial charge < -0.3 is 19.5 Å². The van der Waals surface area contributed by atoms with Crippen molar-refractivity contribution < 1.29 is 27.4 Å². The number of benzene rings is 2. The second kappa shape index (κ2) is 7.06. The molecular formula is C18H17ClN2O6S. The van der Waals surface area contributed by atoms with Crippen molar-refractivity contribution in [2.24, 2.45) is 0 Å². The van der Waals surface area contributed by atoms with Crippen molar-refractivity contribution in [1.82, 2.24) is 0 Å². The van der Waals surface area contributed by atoms with Crippen LogP contribution in [0.25, 0.3) is 0 Å². The Morgan fingerprint density at radius 2 is 1.89 bits per heavy atom. The summed E-state index contributed by atoms with van der Waals surface area (Å²) in [5.74, 6) is 1.04.